The highest BCUT2D eigenvalue weighted by Crippen LogP contribution is 2.11. The van der Waals surface area contributed by atoms with E-state index in [2.05, 4.69) is 12.8 Å². The molecule has 0 saturated carbocycles. The predicted molar refractivity (Wildman–Crippen MR) is 109 cm³/mol. The van der Waals surface area contributed by atoms with E-state index in [1.54, 1.807) is 6.92 Å². The summed E-state index contributed by atoms with van der Waals surface area (Å²) in [5, 5.41) is 0. The lowest BCUT2D eigenvalue weighted by molar-refractivity contribution is -0.148. The molecule has 0 aromatic heterocycles. The molecule has 0 aliphatic carbocycles. The highest BCUT2D eigenvalue weighted by Gasteiger charge is 2.24. The van der Waals surface area contributed by atoms with Gasteiger partial charge in [-0.3, -0.25) is 4.90 Å². The van der Waals surface area contributed by atoms with Crippen LogP contribution in [0.4, 0.5) is 4.79 Å². The molecule has 0 bridgehead atoms. The molecule has 5 heteroatoms. The Morgan fingerprint density at radius 2 is 1.41 bits per heavy atom. The van der Waals surface area contributed by atoms with Gasteiger partial charge in [-0.1, -0.05) is 71.1 Å². The maximum Gasteiger partial charge on any atom is 0.410 e. The number of carbonyl (C=O) groups excluding carboxylic acids is 2. The first-order valence-electron chi connectivity index (χ1n) is 10.5. The number of nitrogens with zero attached hydrogens (tertiary/aromatic N) is 1. The molecular weight excluding hydrogens is 342 g/mol. The standard InChI is InChI=1S/C22H39NO4/c1-5-7-9-10-11-12-13-14-15-16-17-19-26-21(24)20(3)23(4)22(25)27-18-8-6-2/h2,20H,5,7-19H2,1,3-4H3. The fraction of sp³-hybridized carbons (Fsp3) is 0.818. The van der Waals surface area contributed by atoms with Crippen molar-refractivity contribution in [1.82, 2.24) is 4.90 Å². The molecule has 1 atom stereocenters. The molecule has 0 fully saturated rings. The van der Waals surface area contributed by atoms with Crippen LogP contribution in [0.1, 0.15) is 90.9 Å². The van der Waals surface area contributed by atoms with E-state index in [9.17, 15) is 9.59 Å². The summed E-state index contributed by atoms with van der Waals surface area (Å²) >= 11 is 0. The number of terminal acetylenes is 1. The fourth-order valence-electron chi connectivity index (χ4n) is 2.67. The van der Waals surface area contributed by atoms with Crippen molar-refractivity contribution >= 4 is 12.1 Å². The van der Waals surface area contributed by atoms with Gasteiger partial charge in [0.05, 0.1) is 6.61 Å². The lowest BCUT2D eigenvalue weighted by Gasteiger charge is -2.22. The zero-order valence-corrected chi connectivity index (χ0v) is 17.6. The van der Waals surface area contributed by atoms with Crippen LogP contribution in [0.15, 0.2) is 0 Å². The molecule has 1 unspecified atom stereocenters. The van der Waals surface area contributed by atoms with Crippen molar-refractivity contribution in [2.45, 2.75) is 96.9 Å². The zero-order valence-electron chi connectivity index (χ0n) is 17.6. The molecule has 27 heavy (non-hydrogen) atoms. The predicted octanol–water partition coefficient (Wildman–Crippen LogP) is 5.32. The largest absolute Gasteiger partial charge is 0.464 e. The van der Waals surface area contributed by atoms with Crippen molar-refractivity contribution in [3.8, 4) is 12.3 Å². The van der Waals surface area contributed by atoms with Gasteiger partial charge in [0.25, 0.3) is 0 Å². The molecule has 0 spiro atoms. The van der Waals surface area contributed by atoms with E-state index in [4.69, 9.17) is 15.9 Å². The van der Waals surface area contributed by atoms with Crippen LogP contribution in [0.25, 0.3) is 0 Å². The van der Waals surface area contributed by atoms with Crippen molar-refractivity contribution in [3.63, 3.8) is 0 Å². The van der Waals surface area contributed by atoms with Crippen molar-refractivity contribution in [3.05, 3.63) is 0 Å². The van der Waals surface area contributed by atoms with Gasteiger partial charge in [0.15, 0.2) is 0 Å². The van der Waals surface area contributed by atoms with Crippen molar-refractivity contribution < 1.29 is 19.1 Å². The Kier molecular flexibility index (Phi) is 16.6. The molecule has 0 aromatic rings. The second-order valence-electron chi connectivity index (χ2n) is 7.06. The molecule has 0 aliphatic rings. The molecule has 0 N–H and O–H groups in total. The summed E-state index contributed by atoms with van der Waals surface area (Å²) < 4.78 is 10.2. The smallest absolute Gasteiger partial charge is 0.410 e. The van der Waals surface area contributed by atoms with Gasteiger partial charge >= 0.3 is 12.1 Å². The average molecular weight is 382 g/mol. The first-order chi connectivity index (χ1) is 13.0. The SMILES string of the molecule is C#CCCOC(=O)N(C)C(C)C(=O)OCCCCCCCCCCCCC. The molecule has 0 heterocycles. The van der Waals surface area contributed by atoms with E-state index in [1.165, 1.54) is 69.7 Å². The molecule has 156 valence electrons. The summed E-state index contributed by atoms with van der Waals surface area (Å²) in [7, 11) is 1.52. The molecule has 0 radical (unpaired) electrons. The van der Waals surface area contributed by atoms with Crippen LogP contribution in [-0.2, 0) is 14.3 Å². The second-order valence-corrected chi connectivity index (χ2v) is 7.06. The minimum absolute atomic E-state index is 0.153. The second kappa shape index (κ2) is 17.7. The first-order valence-corrected chi connectivity index (χ1v) is 10.5. The molecule has 1 amide bonds. The summed E-state index contributed by atoms with van der Waals surface area (Å²) in [6, 6.07) is -0.670. The summed E-state index contributed by atoms with van der Waals surface area (Å²) in [6.07, 6.45) is 18.7. The van der Waals surface area contributed by atoms with Crippen LogP contribution < -0.4 is 0 Å². The summed E-state index contributed by atoms with van der Waals surface area (Å²) in [6.45, 7) is 4.43. The Morgan fingerprint density at radius 3 is 1.93 bits per heavy atom. The van der Waals surface area contributed by atoms with E-state index in [0.29, 0.717) is 13.0 Å². The maximum atomic E-state index is 12.0. The number of ether oxygens (including phenoxy) is 2. The Bertz CT molecular complexity index is 431. The van der Waals surface area contributed by atoms with Crippen LogP contribution in [-0.4, -0.2) is 43.3 Å². The van der Waals surface area contributed by atoms with Gasteiger partial charge in [-0.05, 0) is 13.3 Å². The maximum absolute atomic E-state index is 12.0. The fourth-order valence-corrected chi connectivity index (χ4v) is 2.67. The molecule has 5 nitrogen and oxygen atoms in total. The van der Waals surface area contributed by atoms with E-state index in [1.807, 2.05) is 0 Å². The van der Waals surface area contributed by atoms with E-state index < -0.39 is 18.1 Å². The van der Waals surface area contributed by atoms with Gasteiger partial charge in [0.2, 0.25) is 0 Å². The molecule has 0 aliphatic heterocycles. The minimum Gasteiger partial charge on any atom is -0.464 e. The Hall–Kier alpha value is -1.70. The van der Waals surface area contributed by atoms with E-state index in [-0.39, 0.29) is 6.61 Å². The monoisotopic (exact) mass is 381 g/mol. The van der Waals surface area contributed by atoms with Gasteiger partial charge in [0, 0.05) is 13.5 Å². The van der Waals surface area contributed by atoms with Crippen LogP contribution in [0, 0.1) is 12.3 Å². The number of hydrogen-bond acceptors (Lipinski definition) is 4. The normalized spacial score (nSPS) is 11.5. The lowest BCUT2D eigenvalue weighted by atomic mass is 10.1. The topological polar surface area (TPSA) is 55.8 Å². The van der Waals surface area contributed by atoms with Crippen LogP contribution in [0.3, 0.4) is 0 Å². The number of amides is 1. The van der Waals surface area contributed by atoms with E-state index >= 15 is 0 Å². The minimum atomic E-state index is -0.670. The molecule has 0 aromatic carbocycles. The third-order valence-electron chi connectivity index (χ3n) is 4.67. The number of hydrogen-bond donors (Lipinski definition) is 0. The third-order valence-corrected chi connectivity index (χ3v) is 4.67. The Balaban J connectivity index is 3.61. The van der Waals surface area contributed by atoms with Gasteiger partial charge in [0.1, 0.15) is 12.6 Å². The molecule has 0 saturated heterocycles. The zero-order chi connectivity index (χ0) is 20.3. The van der Waals surface area contributed by atoms with Crippen LogP contribution in [0.5, 0.6) is 0 Å². The summed E-state index contributed by atoms with van der Waals surface area (Å²) in [5.41, 5.74) is 0. The lowest BCUT2D eigenvalue weighted by Crippen LogP contribution is -2.41. The number of likely N-dealkylation sites (N-methyl/N-ethyl adjacent to an activating group) is 1. The number of rotatable bonds is 16. The van der Waals surface area contributed by atoms with Gasteiger partial charge < -0.3 is 9.47 Å². The molecular formula is C22H39NO4. The van der Waals surface area contributed by atoms with Gasteiger partial charge in [-0.15, -0.1) is 12.3 Å². The third kappa shape index (κ3) is 14.1. The van der Waals surface area contributed by atoms with Crippen LogP contribution >= 0.6 is 0 Å². The summed E-state index contributed by atoms with van der Waals surface area (Å²) in [4.78, 5) is 25.0. The summed E-state index contributed by atoms with van der Waals surface area (Å²) in [5.74, 6) is 1.99. The number of carbonyl (C=O) groups is 2. The van der Waals surface area contributed by atoms with Gasteiger partial charge in [-0.2, -0.15) is 0 Å². The number of unbranched alkanes of at least 4 members (excludes halogenated alkanes) is 10. The quantitative estimate of drug-likeness (QED) is 0.206. The van der Waals surface area contributed by atoms with Gasteiger partial charge in [-0.25, -0.2) is 9.59 Å². The van der Waals surface area contributed by atoms with Crippen LogP contribution in [0.2, 0.25) is 0 Å². The van der Waals surface area contributed by atoms with Crippen molar-refractivity contribution in [2.24, 2.45) is 0 Å². The average Bonchev–Trinajstić information content (AvgIpc) is 2.67. The number of esters is 1. The van der Waals surface area contributed by atoms with E-state index in [0.717, 1.165) is 12.8 Å². The highest BCUT2D eigenvalue weighted by atomic mass is 16.6. The Labute approximate surface area is 166 Å². The van der Waals surface area contributed by atoms with Crippen molar-refractivity contribution in [1.29, 1.82) is 0 Å². The first kappa shape index (κ1) is 25.3. The van der Waals surface area contributed by atoms with Crippen molar-refractivity contribution in [2.75, 3.05) is 20.3 Å². The highest BCUT2D eigenvalue weighted by molar-refractivity contribution is 5.80. The Morgan fingerprint density at radius 1 is 0.889 bits per heavy atom. The molecule has 0 rings (SSSR count).